The fourth-order valence-electron chi connectivity index (χ4n) is 3.98. The number of carboxylic acids is 1. The highest BCUT2D eigenvalue weighted by Gasteiger charge is 2.32. The van der Waals surface area contributed by atoms with Gasteiger partial charge in [0.1, 0.15) is 0 Å². The van der Waals surface area contributed by atoms with Crippen molar-refractivity contribution in [3.05, 3.63) is 71.3 Å². The molecule has 1 saturated carbocycles. The lowest BCUT2D eigenvalue weighted by Gasteiger charge is -2.34. The molecule has 132 valence electrons. The molecule has 2 N–H and O–H groups in total. The Morgan fingerprint density at radius 2 is 1.56 bits per heavy atom. The predicted octanol–water partition coefficient (Wildman–Crippen LogP) is 4.77. The van der Waals surface area contributed by atoms with E-state index in [1.807, 2.05) is 12.1 Å². The fourth-order valence-corrected chi connectivity index (χ4v) is 3.98. The van der Waals surface area contributed by atoms with Gasteiger partial charge in [-0.3, -0.25) is 0 Å². The van der Waals surface area contributed by atoms with Crippen molar-refractivity contribution >= 4 is 5.97 Å². The van der Waals surface area contributed by atoms with E-state index in [1.54, 1.807) is 12.1 Å². The van der Waals surface area contributed by atoms with Gasteiger partial charge in [-0.2, -0.15) is 0 Å². The molecule has 1 aliphatic rings. The molecule has 0 spiro atoms. The van der Waals surface area contributed by atoms with E-state index in [2.05, 4.69) is 35.6 Å². The molecule has 3 rings (SSSR count). The Bertz CT molecular complexity index is 671. The third-order valence-electron chi connectivity index (χ3n) is 5.44. The topological polar surface area (TPSA) is 49.3 Å². The van der Waals surface area contributed by atoms with E-state index in [0.29, 0.717) is 5.56 Å². The van der Waals surface area contributed by atoms with Crippen LogP contribution in [0.25, 0.3) is 0 Å². The van der Waals surface area contributed by atoms with Crippen LogP contribution in [0.3, 0.4) is 0 Å². The summed E-state index contributed by atoms with van der Waals surface area (Å²) in [5, 5.41) is 12.6. The Labute approximate surface area is 150 Å². The Hall–Kier alpha value is -2.13. The average Bonchev–Trinajstić information content (AvgIpc) is 2.89. The van der Waals surface area contributed by atoms with Gasteiger partial charge in [0.2, 0.25) is 0 Å². The molecule has 0 atom stereocenters. The molecule has 25 heavy (non-hydrogen) atoms. The highest BCUT2D eigenvalue weighted by molar-refractivity contribution is 5.87. The van der Waals surface area contributed by atoms with Crippen molar-refractivity contribution in [2.24, 2.45) is 0 Å². The summed E-state index contributed by atoms with van der Waals surface area (Å²) in [6, 6.07) is 18.1. The zero-order chi connectivity index (χ0) is 17.5. The summed E-state index contributed by atoms with van der Waals surface area (Å²) in [6.07, 6.45) is 7.74. The van der Waals surface area contributed by atoms with E-state index in [4.69, 9.17) is 5.11 Å². The molecule has 2 aromatic carbocycles. The Morgan fingerprint density at radius 1 is 0.920 bits per heavy atom. The molecule has 3 nitrogen and oxygen atoms in total. The van der Waals surface area contributed by atoms with Gasteiger partial charge in [-0.1, -0.05) is 68.1 Å². The zero-order valence-electron chi connectivity index (χ0n) is 14.7. The first kappa shape index (κ1) is 17.7. The van der Waals surface area contributed by atoms with Crippen molar-refractivity contribution in [3.63, 3.8) is 0 Å². The lowest BCUT2D eigenvalue weighted by Crippen LogP contribution is -2.37. The molecule has 2 aromatic rings. The second kappa shape index (κ2) is 8.30. The van der Waals surface area contributed by atoms with Crippen molar-refractivity contribution in [1.29, 1.82) is 0 Å². The number of aromatic carboxylic acids is 1. The number of benzene rings is 2. The number of nitrogens with one attached hydrogen (secondary N) is 1. The highest BCUT2D eigenvalue weighted by atomic mass is 16.4. The van der Waals surface area contributed by atoms with Gasteiger partial charge in [0.05, 0.1) is 5.56 Å². The van der Waals surface area contributed by atoms with Crippen LogP contribution in [-0.2, 0) is 12.0 Å². The molecule has 1 fully saturated rings. The Balaban J connectivity index is 1.67. The van der Waals surface area contributed by atoms with E-state index in [9.17, 15) is 4.79 Å². The predicted molar refractivity (Wildman–Crippen MR) is 101 cm³/mol. The molecular weight excluding hydrogens is 310 g/mol. The summed E-state index contributed by atoms with van der Waals surface area (Å²) in [7, 11) is 0. The molecule has 0 heterocycles. The average molecular weight is 337 g/mol. The minimum Gasteiger partial charge on any atom is -0.478 e. The normalized spacial score (nSPS) is 17.0. The van der Waals surface area contributed by atoms with E-state index >= 15 is 0 Å². The lowest BCUT2D eigenvalue weighted by molar-refractivity contribution is 0.0697. The van der Waals surface area contributed by atoms with Gasteiger partial charge in [-0.25, -0.2) is 4.79 Å². The molecule has 0 aromatic heterocycles. The van der Waals surface area contributed by atoms with Crippen molar-refractivity contribution in [2.45, 2.75) is 50.5 Å². The summed E-state index contributed by atoms with van der Waals surface area (Å²) in [5.74, 6) is -0.874. The molecule has 0 unspecified atom stereocenters. The first-order valence-electron chi connectivity index (χ1n) is 9.28. The summed E-state index contributed by atoms with van der Waals surface area (Å²) >= 11 is 0. The molecule has 0 saturated heterocycles. The smallest absolute Gasteiger partial charge is 0.335 e. The monoisotopic (exact) mass is 337 g/mol. The summed E-state index contributed by atoms with van der Waals surface area (Å²) in [5.41, 5.74) is 3.14. The maximum atomic E-state index is 10.9. The third-order valence-corrected chi connectivity index (χ3v) is 5.44. The number of rotatable bonds is 6. The quantitative estimate of drug-likeness (QED) is 0.747. The first-order valence-corrected chi connectivity index (χ1v) is 9.28. The molecule has 0 aliphatic heterocycles. The molecular formula is C22H27NO2. The van der Waals surface area contributed by atoms with Crippen molar-refractivity contribution in [3.8, 4) is 0 Å². The Morgan fingerprint density at radius 3 is 2.16 bits per heavy atom. The van der Waals surface area contributed by atoms with Gasteiger partial charge in [0.15, 0.2) is 0 Å². The Kier molecular flexibility index (Phi) is 5.87. The van der Waals surface area contributed by atoms with Gasteiger partial charge in [-0.15, -0.1) is 0 Å². The molecule has 0 amide bonds. The lowest BCUT2D eigenvalue weighted by atomic mass is 9.74. The van der Waals surface area contributed by atoms with Crippen LogP contribution < -0.4 is 5.32 Å². The van der Waals surface area contributed by atoms with E-state index in [1.165, 1.54) is 44.1 Å². The molecule has 3 heteroatoms. The minimum atomic E-state index is -0.874. The second-order valence-electron chi connectivity index (χ2n) is 7.17. The van der Waals surface area contributed by atoms with Gasteiger partial charge in [-0.05, 0) is 36.1 Å². The van der Waals surface area contributed by atoms with Crippen molar-refractivity contribution in [2.75, 3.05) is 6.54 Å². The van der Waals surface area contributed by atoms with Gasteiger partial charge in [0.25, 0.3) is 0 Å². The number of hydrogen-bond donors (Lipinski definition) is 2. The van der Waals surface area contributed by atoms with Crippen LogP contribution in [0.2, 0.25) is 0 Å². The van der Waals surface area contributed by atoms with E-state index in [-0.39, 0.29) is 5.41 Å². The zero-order valence-corrected chi connectivity index (χ0v) is 14.7. The summed E-state index contributed by atoms with van der Waals surface area (Å²) in [4.78, 5) is 10.9. The minimum absolute atomic E-state index is 0.221. The van der Waals surface area contributed by atoms with Gasteiger partial charge >= 0.3 is 5.97 Å². The van der Waals surface area contributed by atoms with Crippen molar-refractivity contribution < 1.29 is 9.90 Å². The van der Waals surface area contributed by atoms with E-state index in [0.717, 1.165) is 18.7 Å². The number of hydrogen-bond acceptors (Lipinski definition) is 2. The maximum Gasteiger partial charge on any atom is 0.335 e. The third kappa shape index (κ3) is 4.49. The second-order valence-corrected chi connectivity index (χ2v) is 7.17. The standard InChI is InChI=1S/C22H27NO2/c24-21(25)19-12-10-18(11-13-19)16-23-17-22(14-6-1-2-7-15-22)20-8-4-3-5-9-20/h3-5,8-13,23H,1-2,6-7,14-17H2,(H,24,25). The number of carbonyl (C=O) groups is 1. The van der Waals surface area contributed by atoms with Crippen molar-refractivity contribution in [1.82, 2.24) is 5.32 Å². The molecule has 0 radical (unpaired) electrons. The first-order chi connectivity index (χ1) is 12.2. The van der Waals surface area contributed by atoms with Gasteiger partial charge < -0.3 is 10.4 Å². The SMILES string of the molecule is O=C(O)c1ccc(CNCC2(c3ccccc3)CCCCCC2)cc1. The number of carboxylic acid groups (broad SMARTS) is 1. The van der Waals surface area contributed by atoms with Crippen LogP contribution >= 0.6 is 0 Å². The summed E-state index contributed by atoms with van der Waals surface area (Å²) in [6.45, 7) is 1.74. The van der Waals surface area contributed by atoms with Gasteiger partial charge in [0, 0.05) is 18.5 Å². The van der Waals surface area contributed by atoms with E-state index < -0.39 is 5.97 Å². The van der Waals surface area contributed by atoms with Crippen LogP contribution in [0.4, 0.5) is 0 Å². The van der Waals surface area contributed by atoms with Crippen LogP contribution in [0.15, 0.2) is 54.6 Å². The highest BCUT2D eigenvalue weighted by Crippen LogP contribution is 2.37. The summed E-state index contributed by atoms with van der Waals surface area (Å²) < 4.78 is 0. The molecule has 1 aliphatic carbocycles. The largest absolute Gasteiger partial charge is 0.478 e. The van der Waals surface area contributed by atoms with Crippen LogP contribution in [-0.4, -0.2) is 17.6 Å². The van der Waals surface area contributed by atoms with Crippen LogP contribution in [0, 0.1) is 0 Å². The van der Waals surface area contributed by atoms with Crippen LogP contribution in [0.1, 0.15) is 60.0 Å². The fraction of sp³-hybridized carbons (Fsp3) is 0.409. The van der Waals surface area contributed by atoms with Crippen LogP contribution in [0.5, 0.6) is 0 Å². The molecule has 0 bridgehead atoms. The maximum absolute atomic E-state index is 10.9.